The van der Waals surface area contributed by atoms with Crippen molar-refractivity contribution in [2.45, 2.75) is 0 Å². The number of furan rings is 2. The first kappa shape index (κ1) is 30.3. The van der Waals surface area contributed by atoms with E-state index < -0.39 is 0 Å². The average molecular weight is 722 g/mol. The van der Waals surface area contributed by atoms with Gasteiger partial charge in [-0.3, -0.25) is 0 Å². The van der Waals surface area contributed by atoms with Crippen LogP contribution in [0.2, 0.25) is 0 Å². The standard InChI is InChI=1S/C49H27N3O2S/c1-2-12-29-25-32(24-23-28(29)11-1)48-50-47(51-49(52-48)36-18-10-21-41-43(36)34-16-4-7-20-40(34)53-41)31-14-9-13-30(26-31)37-27-38-33-15-3-6-19-39(33)54-45(38)44-35-17-5-8-22-42(35)55-46(37)44/h1-27H. The normalized spacial score (nSPS) is 12.0. The van der Waals surface area contributed by atoms with Crippen LogP contribution in [0, 0.1) is 0 Å². The van der Waals surface area contributed by atoms with Crippen LogP contribution in [-0.4, -0.2) is 15.0 Å². The minimum Gasteiger partial charge on any atom is -0.456 e. The molecule has 12 rings (SSSR count). The van der Waals surface area contributed by atoms with Gasteiger partial charge in [0.15, 0.2) is 17.5 Å². The zero-order valence-electron chi connectivity index (χ0n) is 29.2. The largest absolute Gasteiger partial charge is 0.456 e. The molecule has 5 nitrogen and oxygen atoms in total. The highest BCUT2D eigenvalue weighted by Crippen LogP contribution is 2.47. The van der Waals surface area contributed by atoms with Crippen molar-refractivity contribution < 1.29 is 8.83 Å². The SMILES string of the molecule is c1cc(-c2nc(-c3ccc4ccccc4c3)nc(-c3cccc4oc5ccccc5c34)n2)cc(-c2cc3c4ccccc4oc3c3c2sc2ccccc23)c1. The Balaban J connectivity index is 1.10. The first-order valence-corrected chi connectivity index (χ1v) is 19.1. The summed E-state index contributed by atoms with van der Waals surface area (Å²) in [5.41, 5.74) is 8.40. The minimum absolute atomic E-state index is 0.592. The van der Waals surface area contributed by atoms with Crippen LogP contribution in [0.25, 0.3) is 120 Å². The number of fused-ring (bicyclic) bond motifs is 11. The van der Waals surface area contributed by atoms with E-state index in [1.165, 1.54) is 14.8 Å². The fraction of sp³-hybridized carbons (Fsp3) is 0. The van der Waals surface area contributed by atoms with Gasteiger partial charge in [0.25, 0.3) is 0 Å². The molecule has 256 valence electrons. The molecular weight excluding hydrogens is 695 g/mol. The summed E-state index contributed by atoms with van der Waals surface area (Å²) in [5.74, 6) is 1.80. The molecule has 4 heterocycles. The predicted octanol–water partition coefficient (Wildman–Crippen LogP) is 13.9. The second-order valence-corrected chi connectivity index (χ2v) is 15.0. The van der Waals surface area contributed by atoms with E-state index in [1.54, 1.807) is 11.3 Å². The molecule has 0 bridgehead atoms. The van der Waals surface area contributed by atoms with Crippen molar-refractivity contribution in [3.8, 4) is 45.3 Å². The maximum absolute atomic E-state index is 6.58. The van der Waals surface area contributed by atoms with Gasteiger partial charge in [0.1, 0.15) is 22.3 Å². The Morgan fingerprint density at radius 1 is 0.382 bits per heavy atom. The van der Waals surface area contributed by atoms with Crippen molar-refractivity contribution in [3.63, 3.8) is 0 Å². The second-order valence-electron chi connectivity index (χ2n) is 13.9. The summed E-state index contributed by atoms with van der Waals surface area (Å²) in [4.78, 5) is 15.6. The second kappa shape index (κ2) is 11.7. The Labute approximate surface area is 317 Å². The maximum atomic E-state index is 6.58. The zero-order chi connectivity index (χ0) is 36.0. The highest BCUT2D eigenvalue weighted by atomic mass is 32.1. The molecule has 4 aromatic heterocycles. The molecule has 0 radical (unpaired) electrons. The Hall–Kier alpha value is -7.15. The number of rotatable bonds is 4. The summed E-state index contributed by atoms with van der Waals surface area (Å²) in [6, 6.07) is 56.7. The molecule has 0 amide bonds. The van der Waals surface area contributed by atoms with E-state index in [0.29, 0.717) is 17.5 Å². The molecule has 0 aliphatic heterocycles. The van der Waals surface area contributed by atoms with E-state index in [-0.39, 0.29) is 0 Å². The van der Waals surface area contributed by atoms with Gasteiger partial charge in [-0.2, -0.15) is 0 Å². The number of thiophene rings is 1. The van der Waals surface area contributed by atoms with E-state index in [4.69, 9.17) is 23.8 Å². The molecule has 6 heteroatoms. The van der Waals surface area contributed by atoms with Gasteiger partial charge in [-0.1, -0.05) is 121 Å². The van der Waals surface area contributed by atoms with Crippen molar-refractivity contribution in [2.24, 2.45) is 0 Å². The van der Waals surface area contributed by atoms with Crippen molar-refractivity contribution in [2.75, 3.05) is 0 Å². The van der Waals surface area contributed by atoms with Crippen LogP contribution in [0.5, 0.6) is 0 Å². The van der Waals surface area contributed by atoms with E-state index in [1.807, 2.05) is 42.5 Å². The molecule has 0 atom stereocenters. The van der Waals surface area contributed by atoms with Crippen LogP contribution < -0.4 is 0 Å². The van der Waals surface area contributed by atoms with E-state index in [0.717, 1.165) is 87.9 Å². The third-order valence-corrected chi connectivity index (χ3v) is 11.9. The molecule has 0 fully saturated rings. The molecule has 0 spiro atoms. The number of hydrogen-bond donors (Lipinski definition) is 0. The molecule has 55 heavy (non-hydrogen) atoms. The third kappa shape index (κ3) is 4.68. The monoisotopic (exact) mass is 721 g/mol. The molecule has 0 saturated heterocycles. The van der Waals surface area contributed by atoms with Crippen molar-refractivity contribution in [1.82, 2.24) is 15.0 Å². The Morgan fingerprint density at radius 3 is 1.91 bits per heavy atom. The van der Waals surface area contributed by atoms with Crippen LogP contribution in [0.4, 0.5) is 0 Å². The summed E-state index contributed by atoms with van der Waals surface area (Å²) in [6.07, 6.45) is 0. The number of aromatic nitrogens is 3. The molecule has 0 aliphatic carbocycles. The zero-order valence-corrected chi connectivity index (χ0v) is 30.0. The predicted molar refractivity (Wildman–Crippen MR) is 227 cm³/mol. The Bertz CT molecular complexity index is 3520. The number of benzene rings is 8. The molecule has 0 aliphatic rings. The first-order chi connectivity index (χ1) is 27.2. The van der Waals surface area contributed by atoms with Gasteiger partial charge < -0.3 is 8.83 Å². The van der Waals surface area contributed by atoms with Crippen LogP contribution in [-0.2, 0) is 0 Å². The highest BCUT2D eigenvalue weighted by Gasteiger charge is 2.21. The summed E-state index contributed by atoms with van der Waals surface area (Å²) >= 11 is 1.80. The van der Waals surface area contributed by atoms with Crippen LogP contribution in [0.3, 0.4) is 0 Å². The minimum atomic E-state index is 0.592. The lowest BCUT2D eigenvalue weighted by Gasteiger charge is -2.11. The van der Waals surface area contributed by atoms with Gasteiger partial charge in [0, 0.05) is 64.0 Å². The van der Waals surface area contributed by atoms with Gasteiger partial charge in [-0.15, -0.1) is 11.3 Å². The van der Waals surface area contributed by atoms with Crippen molar-refractivity contribution in [1.29, 1.82) is 0 Å². The van der Waals surface area contributed by atoms with Crippen molar-refractivity contribution >= 4 is 86.2 Å². The third-order valence-electron chi connectivity index (χ3n) is 10.7. The summed E-state index contributed by atoms with van der Waals surface area (Å²) < 4.78 is 15.3. The first-order valence-electron chi connectivity index (χ1n) is 18.3. The lowest BCUT2D eigenvalue weighted by atomic mass is 9.97. The topological polar surface area (TPSA) is 65.0 Å². The average Bonchev–Trinajstić information content (AvgIpc) is 3.94. The van der Waals surface area contributed by atoms with Gasteiger partial charge in [-0.05, 0) is 58.8 Å². The van der Waals surface area contributed by atoms with Gasteiger partial charge >= 0.3 is 0 Å². The van der Waals surface area contributed by atoms with E-state index in [9.17, 15) is 0 Å². The smallest absolute Gasteiger partial charge is 0.164 e. The highest BCUT2D eigenvalue weighted by molar-refractivity contribution is 7.26. The lowest BCUT2D eigenvalue weighted by Crippen LogP contribution is -2.00. The van der Waals surface area contributed by atoms with Crippen LogP contribution >= 0.6 is 11.3 Å². The van der Waals surface area contributed by atoms with Crippen LogP contribution in [0.15, 0.2) is 173 Å². The summed E-state index contributed by atoms with van der Waals surface area (Å²) in [6.45, 7) is 0. The number of hydrogen-bond acceptors (Lipinski definition) is 6. The van der Waals surface area contributed by atoms with Crippen molar-refractivity contribution in [3.05, 3.63) is 164 Å². The van der Waals surface area contributed by atoms with E-state index >= 15 is 0 Å². The molecule has 12 aromatic rings. The maximum Gasteiger partial charge on any atom is 0.164 e. The molecule has 0 saturated carbocycles. The fourth-order valence-electron chi connectivity index (χ4n) is 8.15. The Morgan fingerprint density at radius 2 is 1.04 bits per heavy atom. The number of para-hydroxylation sites is 2. The fourth-order valence-corrected chi connectivity index (χ4v) is 9.39. The quantitative estimate of drug-likeness (QED) is 0.181. The van der Waals surface area contributed by atoms with Gasteiger partial charge in [0.2, 0.25) is 0 Å². The van der Waals surface area contributed by atoms with Gasteiger partial charge in [0.05, 0.1) is 0 Å². The van der Waals surface area contributed by atoms with Crippen LogP contribution in [0.1, 0.15) is 0 Å². The van der Waals surface area contributed by atoms with Gasteiger partial charge in [-0.25, -0.2) is 15.0 Å². The Kier molecular flexibility index (Phi) is 6.44. The lowest BCUT2D eigenvalue weighted by molar-refractivity contribution is 0.669. The molecule has 8 aromatic carbocycles. The molecule has 0 N–H and O–H groups in total. The summed E-state index contributed by atoms with van der Waals surface area (Å²) in [5, 5.41) is 8.87. The number of nitrogens with zero attached hydrogens (tertiary/aromatic N) is 3. The molecular formula is C49H27N3O2S. The summed E-state index contributed by atoms with van der Waals surface area (Å²) in [7, 11) is 0. The van der Waals surface area contributed by atoms with E-state index in [2.05, 4.69) is 121 Å². The molecule has 0 unspecified atom stereocenters.